The van der Waals surface area contributed by atoms with E-state index >= 15 is 0 Å². The molecule has 1 aromatic rings. The fraction of sp³-hybridized carbons (Fsp3) is 0.300. The lowest BCUT2D eigenvalue weighted by molar-refractivity contribution is -0.136. The van der Waals surface area contributed by atoms with Gasteiger partial charge in [0.25, 0.3) is 0 Å². The van der Waals surface area contributed by atoms with Crippen molar-refractivity contribution < 1.29 is 18.5 Å². The molecule has 0 spiro atoms. The summed E-state index contributed by atoms with van der Waals surface area (Å²) in [6, 6.07) is 4.01. The van der Waals surface area contributed by atoms with Crippen LogP contribution in [0.15, 0.2) is 22.7 Å². The molecule has 6 heteroatoms. The molecule has 1 rings (SSSR count). The van der Waals surface area contributed by atoms with E-state index in [1.54, 1.807) is 0 Å². The van der Waals surface area contributed by atoms with Crippen molar-refractivity contribution in [2.45, 2.75) is 17.9 Å². The second-order valence-corrected chi connectivity index (χ2v) is 5.85. The number of carboxylic acids is 1. The summed E-state index contributed by atoms with van der Waals surface area (Å²) in [5, 5.41) is 7.75. The van der Waals surface area contributed by atoms with E-state index in [4.69, 9.17) is 5.11 Å². The number of hydrogen-bond acceptors (Lipinski definition) is 2. The van der Waals surface area contributed by atoms with Crippen LogP contribution in [0.25, 0.3) is 0 Å². The van der Waals surface area contributed by atoms with Crippen LogP contribution in [0.2, 0.25) is 0 Å². The van der Waals surface area contributed by atoms with Gasteiger partial charge in [-0.3, -0.25) is 9.00 Å². The number of benzene rings is 1. The maximum atomic E-state index is 12.8. The first-order valence-electron chi connectivity index (χ1n) is 4.45. The van der Waals surface area contributed by atoms with Crippen LogP contribution in [-0.2, 0) is 21.3 Å². The monoisotopic (exact) mass is 308 g/mol. The fourth-order valence-electron chi connectivity index (χ4n) is 1.03. The zero-order valence-electron chi connectivity index (χ0n) is 8.44. The van der Waals surface area contributed by atoms with Crippen molar-refractivity contribution in [1.29, 1.82) is 0 Å². The first-order chi connectivity index (χ1) is 7.41. The molecule has 0 bridgehead atoms. The first-order valence-corrected chi connectivity index (χ1v) is 6.63. The third kappa shape index (κ3) is 3.38. The van der Waals surface area contributed by atoms with Crippen molar-refractivity contribution in [2.75, 3.05) is 0 Å². The summed E-state index contributed by atoms with van der Waals surface area (Å²) in [5.41, 5.74) is 0.632. The predicted molar refractivity (Wildman–Crippen MR) is 63.0 cm³/mol. The minimum Gasteiger partial charge on any atom is -0.480 e. The van der Waals surface area contributed by atoms with E-state index in [-0.39, 0.29) is 5.75 Å². The van der Waals surface area contributed by atoms with Crippen molar-refractivity contribution >= 4 is 32.7 Å². The van der Waals surface area contributed by atoms with Gasteiger partial charge in [-0.15, -0.1) is 0 Å². The van der Waals surface area contributed by atoms with E-state index in [0.717, 1.165) is 0 Å². The molecule has 2 atom stereocenters. The zero-order chi connectivity index (χ0) is 12.3. The van der Waals surface area contributed by atoms with Gasteiger partial charge in [0, 0.05) is 15.3 Å². The summed E-state index contributed by atoms with van der Waals surface area (Å²) in [5.74, 6) is -1.40. The smallest absolute Gasteiger partial charge is 0.318 e. The van der Waals surface area contributed by atoms with E-state index in [1.165, 1.54) is 25.1 Å². The third-order valence-electron chi connectivity index (χ3n) is 2.05. The Labute approximate surface area is 103 Å². The molecule has 0 aromatic heterocycles. The van der Waals surface area contributed by atoms with Gasteiger partial charge < -0.3 is 5.11 Å². The van der Waals surface area contributed by atoms with E-state index in [9.17, 15) is 13.4 Å². The Kier molecular flexibility index (Phi) is 4.61. The molecule has 0 heterocycles. The molecule has 0 aliphatic carbocycles. The van der Waals surface area contributed by atoms with Crippen molar-refractivity contribution in [2.24, 2.45) is 0 Å². The summed E-state index contributed by atoms with van der Waals surface area (Å²) in [6.45, 7) is 1.38. The quantitative estimate of drug-likeness (QED) is 0.928. The Morgan fingerprint density at radius 1 is 1.62 bits per heavy atom. The van der Waals surface area contributed by atoms with Gasteiger partial charge in [-0.1, -0.05) is 22.0 Å². The highest BCUT2D eigenvalue weighted by Gasteiger charge is 2.19. The summed E-state index contributed by atoms with van der Waals surface area (Å²) < 4.78 is 24.9. The Hall–Kier alpha value is -0.750. The van der Waals surface area contributed by atoms with E-state index < -0.39 is 27.8 Å². The second-order valence-electron chi connectivity index (χ2n) is 3.24. The van der Waals surface area contributed by atoms with Gasteiger partial charge in [0.1, 0.15) is 11.1 Å². The van der Waals surface area contributed by atoms with Gasteiger partial charge in [-0.05, 0) is 24.6 Å². The van der Waals surface area contributed by atoms with E-state index in [1.807, 2.05) is 0 Å². The summed E-state index contributed by atoms with van der Waals surface area (Å²) in [4.78, 5) is 10.6. The van der Waals surface area contributed by atoms with E-state index in [0.29, 0.717) is 10.0 Å². The predicted octanol–water partition coefficient (Wildman–Crippen LogP) is 2.31. The van der Waals surface area contributed by atoms with Gasteiger partial charge in [-0.2, -0.15) is 0 Å². The van der Waals surface area contributed by atoms with Crippen LogP contribution in [0, 0.1) is 5.82 Å². The van der Waals surface area contributed by atoms with Crippen molar-refractivity contribution in [1.82, 2.24) is 0 Å². The Morgan fingerprint density at radius 3 is 2.75 bits per heavy atom. The molecule has 0 aliphatic heterocycles. The molecule has 0 saturated heterocycles. The summed E-state index contributed by atoms with van der Waals surface area (Å²) in [7, 11) is -1.51. The normalized spacial score (nSPS) is 14.4. The lowest BCUT2D eigenvalue weighted by Crippen LogP contribution is -2.22. The standard InChI is InChI=1S/C10H10BrFO3S/c1-6(10(13)14)16(15)5-7-2-3-8(12)4-9(7)11/h2-4,6H,5H2,1H3,(H,13,14). The van der Waals surface area contributed by atoms with Crippen molar-refractivity contribution in [3.63, 3.8) is 0 Å². The number of carboxylic acid groups (broad SMARTS) is 1. The van der Waals surface area contributed by atoms with E-state index in [2.05, 4.69) is 15.9 Å². The average molecular weight is 309 g/mol. The molecule has 1 aromatic carbocycles. The van der Waals surface area contributed by atoms with Gasteiger partial charge >= 0.3 is 5.97 Å². The second kappa shape index (κ2) is 5.54. The average Bonchev–Trinajstić information content (AvgIpc) is 2.20. The molecule has 0 amide bonds. The molecule has 1 N–H and O–H groups in total. The maximum Gasteiger partial charge on any atom is 0.318 e. The van der Waals surface area contributed by atoms with Crippen LogP contribution in [0.5, 0.6) is 0 Å². The lowest BCUT2D eigenvalue weighted by Gasteiger charge is -2.08. The van der Waals surface area contributed by atoms with Gasteiger partial charge in [-0.25, -0.2) is 4.39 Å². The number of hydrogen-bond donors (Lipinski definition) is 1. The fourth-order valence-corrected chi connectivity index (χ4v) is 2.74. The van der Waals surface area contributed by atoms with Gasteiger partial charge in [0.2, 0.25) is 0 Å². The highest BCUT2D eigenvalue weighted by Crippen LogP contribution is 2.20. The summed E-state index contributed by atoms with van der Waals surface area (Å²) >= 11 is 3.14. The van der Waals surface area contributed by atoms with Crippen molar-refractivity contribution in [3.05, 3.63) is 34.1 Å². The molecule has 88 valence electrons. The Bertz CT molecular complexity index is 436. The third-order valence-corrected chi connectivity index (χ3v) is 4.38. The van der Waals surface area contributed by atoms with Gasteiger partial charge in [0.15, 0.2) is 0 Å². The van der Waals surface area contributed by atoms with Crippen LogP contribution in [0.3, 0.4) is 0 Å². The number of carbonyl (C=O) groups is 1. The minimum atomic E-state index is -1.51. The number of aliphatic carboxylic acids is 1. The molecular formula is C10H10BrFO3S. The summed E-state index contributed by atoms with van der Waals surface area (Å²) in [6.07, 6.45) is 0. The largest absolute Gasteiger partial charge is 0.480 e. The minimum absolute atomic E-state index is 0.0916. The molecule has 0 fully saturated rings. The highest BCUT2D eigenvalue weighted by molar-refractivity contribution is 9.10. The molecule has 0 aliphatic rings. The molecule has 3 nitrogen and oxygen atoms in total. The SMILES string of the molecule is CC(C(=O)O)S(=O)Cc1ccc(F)cc1Br. The Morgan fingerprint density at radius 2 is 2.25 bits per heavy atom. The van der Waals surface area contributed by atoms with Gasteiger partial charge in [0.05, 0.1) is 5.75 Å². The van der Waals surface area contributed by atoms with Crippen LogP contribution in [-0.4, -0.2) is 20.5 Å². The maximum absolute atomic E-state index is 12.8. The molecule has 0 saturated carbocycles. The van der Waals surface area contributed by atoms with Crippen LogP contribution in [0.1, 0.15) is 12.5 Å². The zero-order valence-corrected chi connectivity index (χ0v) is 10.8. The highest BCUT2D eigenvalue weighted by atomic mass is 79.9. The topological polar surface area (TPSA) is 54.4 Å². The van der Waals surface area contributed by atoms with Crippen LogP contribution >= 0.6 is 15.9 Å². The van der Waals surface area contributed by atoms with Crippen LogP contribution < -0.4 is 0 Å². The molecular weight excluding hydrogens is 299 g/mol. The Balaban J connectivity index is 2.81. The lowest BCUT2D eigenvalue weighted by atomic mass is 10.2. The van der Waals surface area contributed by atoms with Crippen molar-refractivity contribution in [3.8, 4) is 0 Å². The number of halogens is 2. The first kappa shape index (κ1) is 13.3. The molecule has 16 heavy (non-hydrogen) atoms. The molecule has 0 radical (unpaired) electrons. The number of rotatable bonds is 4. The van der Waals surface area contributed by atoms with Crippen LogP contribution in [0.4, 0.5) is 4.39 Å². The molecule has 2 unspecified atom stereocenters.